The highest BCUT2D eigenvalue weighted by atomic mass is 32.2. The van der Waals surface area contributed by atoms with E-state index in [1.807, 2.05) is 91.0 Å². The molecular formula is C30H28N2O6S. The van der Waals surface area contributed by atoms with Gasteiger partial charge in [0.15, 0.2) is 6.10 Å². The lowest BCUT2D eigenvalue weighted by atomic mass is 9.80. The van der Waals surface area contributed by atoms with E-state index in [9.17, 15) is 13.2 Å². The molecule has 0 radical (unpaired) electrons. The Morgan fingerprint density at radius 2 is 1.44 bits per heavy atom. The minimum Gasteiger partial charge on any atom is -0.456 e. The maximum atomic E-state index is 12.3. The summed E-state index contributed by atoms with van der Waals surface area (Å²) in [5.74, 6) is -0.321. The summed E-state index contributed by atoms with van der Waals surface area (Å²) in [5.41, 5.74) is 1.47. The number of hydrogen-bond donors (Lipinski definition) is 0. The zero-order valence-electron chi connectivity index (χ0n) is 21.3. The Hall–Kier alpha value is -3.79. The van der Waals surface area contributed by atoms with Crippen LogP contribution in [0.2, 0.25) is 0 Å². The summed E-state index contributed by atoms with van der Waals surface area (Å²) in [5, 5.41) is 0. The van der Waals surface area contributed by atoms with Gasteiger partial charge in [-0.3, -0.25) is 13.5 Å². The van der Waals surface area contributed by atoms with Crippen LogP contribution in [0.5, 0.6) is 6.01 Å². The van der Waals surface area contributed by atoms with E-state index in [-0.39, 0.29) is 24.6 Å². The minimum absolute atomic E-state index is 0.172. The van der Waals surface area contributed by atoms with Crippen molar-refractivity contribution in [2.75, 3.05) is 12.9 Å². The van der Waals surface area contributed by atoms with Gasteiger partial charge in [0.1, 0.15) is 11.7 Å². The normalized spacial score (nSPS) is 22.2. The van der Waals surface area contributed by atoms with Gasteiger partial charge in [-0.25, -0.2) is 0 Å². The Balaban J connectivity index is 1.41. The van der Waals surface area contributed by atoms with Crippen molar-refractivity contribution in [3.63, 3.8) is 0 Å². The maximum Gasteiger partial charge on any atom is 0.300 e. The molecule has 2 aliphatic rings. The fraction of sp³-hybridized carbons (Fsp3) is 0.267. The molecule has 2 heterocycles. The lowest BCUT2D eigenvalue weighted by molar-refractivity contribution is -0.0354. The van der Waals surface area contributed by atoms with Crippen molar-refractivity contribution < 1.29 is 22.1 Å². The smallest absolute Gasteiger partial charge is 0.300 e. The van der Waals surface area contributed by atoms with Crippen molar-refractivity contribution in [2.45, 2.75) is 30.3 Å². The van der Waals surface area contributed by atoms with Crippen LogP contribution in [0.3, 0.4) is 0 Å². The molecule has 4 aromatic rings. The molecule has 1 fully saturated rings. The van der Waals surface area contributed by atoms with Crippen LogP contribution < -0.4 is 10.3 Å². The van der Waals surface area contributed by atoms with E-state index < -0.39 is 33.5 Å². The van der Waals surface area contributed by atoms with Crippen LogP contribution in [0.15, 0.2) is 108 Å². The molecule has 6 rings (SSSR count). The van der Waals surface area contributed by atoms with Gasteiger partial charge in [0.2, 0.25) is 0 Å². The summed E-state index contributed by atoms with van der Waals surface area (Å²) in [6, 6.07) is 31.3. The van der Waals surface area contributed by atoms with E-state index in [1.165, 1.54) is 6.07 Å². The predicted molar refractivity (Wildman–Crippen MR) is 145 cm³/mol. The topological polar surface area (TPSA) is 96.7 Å². The van der Waals surface area contributed by atoms with Gasteiger partial charge >= 0.3 is 6.01 Å². The average Bonchev–Trinajstić information content (AvgIpc) is 3.45. The summed E-state index contributed by atoms with van der Waals surface area (Å²) >= 11 is 0. The van der Waals surface area contributed by atoms with Crippen LogP contribution >= 0.6 is 0 Å². The fourth-order valence-electron chi connectivity index (χ4n) is 5.84. The summed E-state index contributed by atoms with van der Waals surface area (Å²) in [7, 11) is -3.81. The highest BCUT2D eigenvalue weighted by Crippen LogP contribution is 2.47. The second-order valence-electron chi connectivity index (χ2n) is 9.96. The molecule has 0 bridgehead atoms. The third-order valence-corrected chi connectivity index (χ3v) is 8.03. The molecular weight excluding hydrogens is 516 g/mol. The second-order valence-corrected chi connectivity index (χ2v) is 11.6. The number of aromatic nitrogens is 2. The first-order valence-electron chi connectivity index (χ1n) is 12.8. The molecule has 8 nitrogen and oxygen atoms in total. The molecule has 200 valence electrons. The highest BCUT2D eigenvalue weighted by Gasteiger charge is 2.53. The Morgan fingerprint density at radius 1 is 0.897 bits per heavy atom. The summed E-state index contributed by atoms with van der Waals surface area (Å²) in [6.45, 7) is 0.193. The monoisotopic (exact) mass is 544 g/mol. The van der Waals surface area contributed by atoms with E-state index in [4.69, 9.17) is 13.7 Å². The van der Waals surface area contributed by atoms with Gasteiger partial charge in [0.25, 0.3) is 15.7 Å². The molecule has 0 amide bonds. The lowest BCUT2D eigenvalue weighted by Crippen LogP contribution is -2.39. The fourth-order valence-corrected chi connectivity index (χ4v) is 6.51. The van der Waals surface area contributed by atoms with Gasteiger partial charge in [-0.15, -0.1) is 0 Å². The van der Waals surface area contributed by atoms with E-state index in [2.05, 4.69) is 4.98 Å². The molecule has 3 aromatic carbocycles. The zero-order valence-corrected chi connectivity index (χ0v) is 22.1. The lowest BCUT2D eigenvalue weighted by Gasteiger charge is -2.37. The summed E-state index contributed by atoms with van der Waals surface area (Å²) in [4.78, 5) is 15.7. The van der Waals surface area contributed by atoms with Crippen molar-refractivity contribution in [3.05, 3.63) is 130 Å². The molecule has 0 spiro atoms. The Bertz CT molecular complexity index is 1510. The molecule has 1 aliphatic carbocycles. The number of fused-ring (bicyclic) bond motifs is 3. The first-order valence-corrected chi connectivity index (χ1v) is 14.6. The molecule has 0 saturated heterocycles. The molecule has 9 heteroatoms. The molecule has 1 unspecified atom stereocenters. The molecule has 0 N–H and O–H groups in total. The van der Waals surface area contributed by atoms with Gasteiger partial charge in [-0.05, 0) is 23.1 Å². The van der Waals surface area contributed by atoms with Crippen LogP contribution in [-0.2, 0) is 24.6 Å². The minimum atomic E-state index is -3.81. The van der Waals surface area contributed by atoms with Crippen LogP contribution in [-0.4, -0.2) is 43.0 Å². The van der Waals surface area contributed by atoms with Gasteiger partial charge in [-0.1, -0.05) is 91.0 Å². The number of nitrogens with zero attached hydrogens (tertiary/aromatic N) is 2. The van der Waals surface area contributed by atoms with E-state index in [1.54, 1.807) is 10.8 Å². The van der Waals surface area contributed by atoms with Crippen LogP contribution in [0.4, 0.5) is 0 Å². The third-order valence-electron chi connectivity index (χ3n) is 7.46. The van der Waals surface area contributed by atoms with E-state index in [0.29, 0.717) is 6.42 Å². The van der Waals surface area contributed by atoms with Crippen LogP contribution in [0.25, 0.3) is 0 Å². The quantitative estimate of drug-likeness (QED) is 0.245. The predicted octanol–water partition coefficient (Wildman–Crippen LogP) is 3.92. The molecule has 1 aliphatic heterocycles. The number of rotatable bonds is 8. The second kappa shape index (κ2) is 10.1. The van der Waals surface area contributed by atoms with Crippen molar-refractivity contribution in [1.82, 2.24) is 9.55 Å². The summed E-state index contributed by atoms with van der Waals surface area (Å²) < 4.78 is 45.0. The van der Waals surface area contributed by atoms with Crippen LogP contribution in [0.1, 0.15) is 29.2 Å². The van der Waals surface area contributed by atoms with Gasteiger partial charge in [-0.2, -0.15) is 13.4 Å². The van der Waals surface area contributed by atoms with Crippen molar-refractivity contribution in [3.8, 4) is 6.01 Å². The average molecular weight is 545 g/mol. The Morgan fingerprint density at radius 3 is 1.95 bits per heavy atom. The standard InChI is InChI=1S/C30H28N2O6S/c1-39(34,35)38-27-21(19-25-28(27)37-29-31-26(33)17-18-32(25)29)20-36-30(22-11-5-2-6-12-22,23-13-7-3-8-14-23)24-15-9-4-10-16-24/h2-18,21,25,27-28H,19-20H2,1H3/t21-,25-,27+,28?/m1/s1. The maximum absolute atomic E-state index is 12.3. The third kappa shape index (κ3) is 4.78. The van der Waals surface area contributed by atoms with Crippen LogP contribution in [0, 0.1) is 5.92 Å². The highest BCUT2D eigenvalue weighted by molar-refractivity contribution is 7.86. The Kier molecular flexibility index (Phi) is 6.58. The molecule has 1 aromatic heterocycles. The molecule has 4 atom stereocenters. The zero-order chi connectivity index (χ0) is 27.0. The SMILES string of the molecule is CS(=O)(=O)O[C@@H]1C2Oc3nc(=O)ccn3[C@@H]2C[C@@H]1COC(c1ccccc1)(c1ccccc1)c1ccccc1. The van der Waals surface area contributed by atoms with Crippen molar-refractivity contribution in [1.29, 1.82) is 0 Å². The summed E-state index contributed by atoms with van der Waals surface area (Å²) in [6.07, 6.45) is 1.75. The van der Waals surface area contributed by atoms with Gasteiger partial charge < -0.3 is 9.47 Å². The van der Waals surface area contributed by atoms with Crippen molar-refractivity contribution in [2.24, 2.45) is 5.92 Å². The van der Waals surface area contributed by atoms with E-state index in [0.717, 1.165) is 22.9 Å². The number of hydrogen-bond acceptors (Lipinski definition) is 7. The molecule has 39 heavy (non-hydrogen) atoms. The van der Waals surface area contributed by atoms with E-state index >= 15 is 0 Å². The first-order chi connectivity index (χ1) is 18.8. The largest absolute Gasteiger partial charge is 0.456 e. The molecule has 1 saturated carbocycles. The Labute approximate surface area is 226 Å². The van der Waals surface area contributed by atoms with Gasteiger partial charge in [0, 0.05) is 18.2 Å². The number of ether oxygens (including phenoxy) is 2. The first kappa shape index (κ1) is 25.5. The number of benzene rings is 3. The van der Waals surface area contributed by atoms with Gasteiger partial charge in [0.05, 0.1) is 18.9 Å². The van der Waals surface area contributed by atoms with Crippen molar-refractivity contribution >= 4 is 10.1 Å².